The minimum atomic E-state index is -0.931. The molecule has 6 nitrogen and oxygen atoms in total. The highest BCUT2D eigenvalue weighted by molar-refractivity contribution is 5.83. The van der Waals surface area contributed by atoms with Gasteiger partial charge in [0.1, 0.15) is 5.75 Å². The minimum absolute atomic E-state index is 0.112. The van der Waals surface area contributed by atoms with Gasteiger partial charge in [-0.3, -0.25) is 9.59 Å². The molecule has 2 aliphatic rings. The predicted octanol–water partition coefficient (Wildman–Crippen LogP) is 0.988. The van der Waals surface area contributed by atoms with E-state index in [-0.39, 0.29) is 12.5 Å². The van der Waals surface area contributed by atoms with Crippen molar-refractivity contribution in [2.75, 3.05) is 19.8 Å². The maximum Gasteiger partial charge on any atom is 0.311 e. The molecular formula is C16H19NO5. The van der Waals surface area contributed by atoms with Crippen LogP contribution >= 0.6 is 0 Å². The zero-order chi connectivity index (χ0) is 15.6. The van der Waals surface area contributed by atoms with Gasteiger partial charge in [0.05, 0.1) is 5.41 Å². The molecule has 6 heteroatoms. The van der Waals surface area contributed by atoms with Crippen molar-refractivity contribution in [2.24, 2.45) is 5.41 Å². The highest BCUT2D eigenvalue weighted by Gasteiger charge is 2.41. The molecule has 1 atom stereocenters. The third kappa shape index (κ3) is 2.78. The molecular weight excluding hydrogens is 286 g/mol. The topological polar surface area (TPSA) is 84.9 Å². The van der Waals surface area contributed by atoms with Crippen molar-refractivity contribution in [2.45, 2.75) is 25.4 Å². The third-order valence-corrected chi connectivity index (χ3v) is 4.44. The Kier molecular flexibility index (Phi) is 4.02. The summed E-state index contributed by atoms with van der Waals surface area (Å²) in [7, 11) is 0. The van der Waals surface area contributed by atoms with E-state index >= 15 is 0 Å². The van der Waals surface area contributed by atoms with Crippen molar-refractivity contribution in [1.82, 2.24) is 5.32 Å². The molecule has 0 bridgehead atoms. The van der Waals surface area contributed by atoms with Crippen LogP contribution in [0.25, 0.3) is 0 Å². The summed E-state index contributed by atoms with van der Waals surface area (Å²) in [6.07, 6.45) is 0.761. The third-order valence-electron chi connectivity index (χ3n) is 4.44. The van der Waals surface area contributed by atoms with Crippen LogP contribution in [0.5, 0.6) is 5.75 Å². The highest BCUT2D eigenvalue weighted by atomic mass is 16.5. The van der Waals surface area contributed by atoms with Crippen molar-refractivity contribution in [3.63, 3.8) is 0 Å². The molecule has 1 aromatic rings. The quantitative estimate of drug-likeness (QED) is 0.866. The molecule has 1 saturated heterocycles. The van der Waals surface area contributed by atoms with E-state index in [0.29, 0.717) is 32.5 Å². The molecule has 0 spiro atoms. The van der Waals surface area contributed by atoms with Crippen molar-refractivity contribution < 1.29 is 24.2 Å². The molecule has 118 valence electrons. The Morgan fingerprint density at radius 1 is 1.27 bits per heavy atom. The zero-order valence-corrected chi connectivity index (χ0v) is 12.2. The average Bonchev–Trinajstić information content (AvgIpc) is 2.97. The summed E-state index contributed by atoms with van der Waals surface area (Å²) in [5.74, 6) is -0.420. The highest BCUT2D eigenvalue weighted by Crippen LogP contribution is 2.31. The number of carboxylic acids is 1. The van der Waals surface area contributed by atoms with Crippen LogP contribution in [0.4, 0.5) is 0 Å². The van der Waals surface area contributed by atoms with Crippen molar-refractivity contribution in [3.05, 3.63) is 29.8 Å². The van der Waals surface area contributed by atoms with Crippen LogP contribution in [0.3, 0.4) is 0 Å². The van der Waals surface area contributed by atoms with E-state index in [1.54, 1.807) is 0 Å². The Hall–Kier alpha value is -2.08. The fraction of sp³-hybridized carbons (Fsp3) is 0.500. The fourth-order valence-corrected chi connectivity index (χ4v) is 2.93. The van der Waals surface area contributed by atoms with Crippen LogP contribution in [0, 0.1) is 5.41 Å². The zero-order valence-electron chi connectivity index (χ0n) is 12.2. The lowest BCUT2D eigenvalue weighted by Gasteiger charge is -2.33. The first kappa shape index (κ1) is 14.8. The molecule has 0 aromatic heterocycles. The average molecular weight is 305 g/mol. The van der Waals surface area contributed by atoms with E-state index in [1.165, 1.54) is 0 Å². The lowest BCUT2D eigenvalue weighted by Crippen LogP contribution is -2.49. The van der Waals surface area contributed by atoms with Gasteiger partial charge < -0.3 is 19.9 Å². The first-order valence-corrected chi connectivity index (χ1v) is 7.44. The minimum Gasteiger partial charge on any atom is -0.481 e. The number of carbonyl (C=O) groups excluding carboxylic acids is 1. The molecule has 1 amide bonds. The number of para-hydroxylation sites is 1. The van der Waals surface area contributed by atoms with Crippen LogP contribution in [0.15, 0.2) is 24.3 Å². The van der Waals surface area contributed by atoms with Gasteiger partial charge in [-0.1, -0.05) is 18.2 Å². The van der Waals surface area contributed by atoms with Crippen molar-refractivity contribution >= 4 is 11.9 Å². The smallest absolute Gasteiger partial charge is 0.311 e. The number of nitrogens with one attached hydrogen (secondary N) is 1. The maximum atomic E-state index is 12.3. The Balaban J connectivity index is 1.60. The van der Waals surface area contributed by atoms with Gasteiger partial charge in [0.2, 0.25) is 0 Å². The summed E-state index contributed by atoms with van der Waals surface area (Å²) >= 11 is 0. The molecule has 3 rings (SSSR count). The van der Waals surface area contributed by atoms with E-state index in [9.17, 15) is 14.7 Å². The van der Waals surface area contributed by atoms with E-state index < -0.39 is 17.5 Å². The lowest BCUT2D eigenvalue weighted by molar-refractivity contribution is -0.155. The second-order valence-electron chi connectivity index (χ2n) is 5.83. The van der Waals surface area contributed by atoms with Gasteiger partial charge in [0.15, 0.2) is 6.10 Å². The number of benzene rings is 1. The Labute approximate surface area is 128 Å². The number of rotatable bonds is 4. The summed E-state index contributed by atoms with van der Waals surface area (Å²) in [5.41, 5.74) is 0.0704. The molecule has 0 aliphatic carbocycles. The van der Waals surface area contributed by atoms with Crippen LogP contribution in [-0.2, 0) is 20.7 Å². The largest absolute Gasteiger partial charge is 0.481 e. The van der Waals surface area contributed by atoms with Gasteiger partial charge in [-0.2, -0.15) is 0 Å². The number of ether oxygens (including phenoxy) is 2. The maximum absolute atomic E-state index is 12.3. The number of amides is 1. The van der Waals surface area contributed by atoms with Gasteiger partial charge in [-0.15, -0.1) is 0 Å². The normalized spacial score (nSPS) is 22.5. The van der Waals surface area contributed by atoms with Gasteiger partial charge in [0, 0.05) is 26.2 Å². The van der Waals surface area contributed by atoms with Gasteiger partial charge in [-0.25, -0.2) is 0 Å². The lowest BCUT2D eigenvalue weighted by atomic mass is 9.80. The first-order chi connectivity index (χ1) is 10.6. The second-order valence-corrected chi connectivity index (χ2v) is 5.83. The Morgan fingerprint density at radius 2 is 2.00 bits per heavy atom. The molecule has 1 fully saturated rings. The van der Waals surface area contributed by atoms with Gasteiger partial charge in [0.25, 0.3) is 5.91 Å². The van der Waals surface area contributed by atoms with Gasteiger partial charge >= 0.3 is 5.97 Å². The summed E-state index contributed by atoms with van der Waals surface area (Å²) < 4.78 is 10.8. The molecule has 2 aliphatic heterocycles. The monoisotopic (exact) mass is 305 g/mol. The number of carbonyl (C=O) groups is 2. The first-order valence-electron chi connectivity index (χ1n) is 7.44. The van der Waals surface area contributed by atoms with E-state index in [1.807, 2.05) is 24.3 Å². The summed E-state index contributed by atoms with van der Waals surface area (Å²) in [6.45, 7) is 0.932. The van der Waals surface area contributed by atoms with E-state index in [2.05, 4.69) is 5.32 Å². The Bertz CT molecular complexity index is 555. The van der Waals surface area contributed by atoms with Crippen LogP contribution in [0.1, 0.15) is 18.4 Å². The SMILES string of the molecule is O=C(NCC1(C(=O)O)CCOCC1)C1Cc2ccccc2O1. The van der Waals surface area contributed by atoms with E-state index in [4.69, 9.17) is 9.47 Å². The van der Waals surface area contributed by atoms with E-state index in [0.717, 1.165) is 11.3 Å². The molecule has 0 saturated carbocycles. The number of hydrogen-bond acceptors (Lipinski definition) is 4. The van der Waals surface area contributed by atoms with Crippen molar-refractivity contribution in [3.8, 4) is 5.75 Å². The number of carboxylic acid groups (broad SMARTS) is 1. The standard InChI is InChI=1S/C16H19NO5/c18-14(13-9-11-3-1-2-4-12(11)22-13)17-10-16(15(19)20)5-7-21-8-6-16/h1-4,13H,5-10H2,(H,17,18)(H,19,20). The predicted molar refractivity (Wildman–Crippen MR) is 77.7 cm³/mol. The number of fused-ring (bicyclic) bond motifs is 1. The number of aliphatic carboxylic acids is 1. The molecule has 1 aromatic carbocycles. The molecule has 2 N–H and O–H groups in total. The molecule has 2 heterocycles. The fourth-order valence-electron chi connectivity index (χ4n) is 2.93. The van der Waals surface area contributed by atoms with Crippen LogP contribution < -0.4 is 10.1 Å². The van der Waals surface area contributed by atoms with Gasteiger partial charge in [-0.05, 0) is 24.5 Å². The summed E-state index contributed by atoms with van der Waals surface area (Å²) in [5, 5.41) is 12.2. The Morgan fingerprint density at radius 3 is 2.68 bits per heavy atom. The van der Waals surface area contributed by atoms with Crippen LogP contribution in [-0.4, -0.2) is 42.8 Å². The second kappa shape index (κ2) is 5.96. The molecule has 22 heavy (non-hydrogen) atoms. The summed E-state index contributed by atoms with van der Waals surface area (Å²) in [4.78, 5) is 23.8. The molecule has 1 unspecified atom stereocenters. The van der Waals surface area contributed by atoms with Crippen molar-refractivity contribution in [1.29, 1.82) is 0 Å². The molecule has 0 radical (unpaired) electrons. The van der Waals surface area contributed by atoms with Crippen LogP contribution in [0.2, 0.25) is 0 Å². The summed E-state index contributed by atoms with van der Waals surface area (Å²) in [6, 6.07) is 7.53. The number of hydrogen-bond donors (Lipinski definition) is 2.